The zero-order chi connectivity index (χ0) is 15.8. The van der Waals surface area contributed by atoms with Gasteiger partial charge < -0.3 is 9.47 Å². The van der Waals surface area contributed by atoms with Crippen molar-refractivity contribution in [2.45, 2.75) is 32.3 Å². The van der Waals surface area contributed by atoms with Gasteiger partial charge >= 0.3 is 11.4 Å². The van der Waals surface area contributed by atoms with Crippen molar-refractivity contribution < 1.29 is 19.3 Å². The minimum absolute atomic E-state index is 0.0660. The molecule has 0 amide bonds. The Labute approximate surface area is 121 Å². The summed E-state index contributed by atoms with van der Waals surface area (Å²) in [4.78, 5) is 21.1. The molecule has 0 aliphatic carbocycles. The number of epoxide rings is 1. The molecule has 1 atom stereocenters. The maximum absolute atomic E-state index is 11.2. The van der Waals surface area contributed by atoms with E-state index in [1.807, 2.05) is 20.8 Å². The van der Waals surface area contributed by atoms with Crippen LogP contribution in [0.3, 0.4) is 0 Å². The smallest absolute Gasteiger partial charge is 0.318 e. The fourth-order valence-electron chi connectivity index (χ4n) is 1.79. The number of rotatable bonds is 5. The Morgan fingerprint density at radius 3 is 2.05 bits per heavy atom. The largest absolute Gasteiger partial charge is 0.479 e. The van der Waals surface area contributed by atoms with E-state index in [0.717, 1.165) is 0 Å². The highest BCUT2D eigenvalue weighted by Crippen LogP contribution is 2.41. The van der Waals surface area contributed by atoms with Gasteiger partial charge in [-0.15, -0.1) is 0 Å². The molecule has 0 radical (unpaired) electrons. The number of nitro benzene ring substituents is 2. The molecule has 0 N–H and O–H groups in total. The molecule has 1 aliphatic heterocycles. The maximum atomic E-state index is 11.2. The molecule has 1 fully saturated rings. The third-order valence-electron chi connectivity index (χ3n) is 3.13. The molecule has 1 heterocycles. The number of nitrogens with zero attached hydrogens (tertiary/aromatic N) is 2. The van der Waals surface area contributed by atoms with Crippen molar-refractivity contribution in [2.75, 3.05) is 13.2 Å². The monoisotopic (exact) mass is 296 g/mol. The van der Waals surface area contributed by atoms with Crippen molar-refractivity contribution in [3.8, 4) is 5.75 Å². The molecule has 8 nitrogen and oxygen atoms in total. The van der Waals surface area contributed by atoms with Crippen molar-refractivity contribution in [2.24, 2.45) is 0 Å². The first-order valence-corrected chi connectivity index (χ1v) is 6.42. The van der Waals surface area contributed by atoms with Crippen LogP contribution in [-0.2, 0) is 10.2 Å². The highest BCUT2D eigenvalue weighted by atomic mass is 16.6. The highest BCUT2D eigenvalue weighted by Gasteiger charge is 2.33. The molecule has 0 aromatic heterocycles. The molecular formula is C13H16N2O6. The topological polar surface area (TPSA) is 108 Å². The molecule has 0 saturated carbocycles. The highest BCUT2D eigenvalue weighted by molar-refractivity contribution is 5.63. The zero-order valence-corrected chi connectivity index (χ0v) is 12.0. The van der Waals surface area contributed by atoms with Gasteiger partial charge in [0.25, 0.3) is 5.75 Å². The summed E-state index contributed by atoms with van der Waals surface area (Å²) < 4.78 is 10.2. The Kier molecular flexibility index (Phi) is 3.82. The Hall–Kier alpha value is -2.22. The number of hydrogen-bond donors (Lipinski definition) is 0. The van der Waals surface area contributed by atoms with Crippen molar-refractivity contribution in [3.05, 3.63) is 37.9 Å². The SMILES string of the molecule is CC(C)(C)c1cc([N+](=O)[O-])c(OCC2CO2)c([N+](=O)[O-])c1. The summed E-state index contributed by atoms with van der Waals surface area (Å²) in [6.07, 6.45) is -0.147. The molecular weight excluding hydrogens is 280 g/mol. The van der Waals surface area contributed by atoms with Crippen LogP contribution in [0.4, 0.5) is 11.4 Å². The van der Waals surface area contributed by atoms with Gasteiger partial charge in [-0.25, -0.2) is 0 Å². The average molecular weight is 296 g/mol. The molecule has 1 aliphatic rings. The Bertz CT molecular complexity index is 554. The van der Waals surface area contributed by atoms with Gasteiger partial charge in [0.05, 0.1) is 16.5 Å². The second-order valence-electron chi connectivity index (χ2n) is 5.87. The first-order chi connectivity index (χ1) is 9.70. The van der Waals surface area contributed by atoms with Crippen molar-refractivity contribution >= 4 is 11.4 Å². The molecule has 1 saturated heterocycles. The second kappa shape index (κ2) is 5.28. The van der Waals surface area contributed by atoms with Gasteiger partial charge in [0.2, 0.25) is 0 Å². The number of nitro groups is 2. The Morgan fingerprint density at radius 2 is 1.71 bits per heavy atom. The van der Waals surface area contributed by atoms with E-state index in [2.05, 4.69) is 0 Å². The fourth-order valence-corrected chi connectivity index (χ4v) is 1.79. The van der Waals surface area contributed by atoms with E-state index in [0.29, 0.717) is 12.2 Å². The lowest BCUT2D eigenvalue weighted by Gasteiger charge is -2.19. The summed E-state index contributed by atoms with van der Waals surface area (Å²) >= 11 is 0. The van der Waals surface area contributed by atoms with Crippen LogP contribution < -0.4 is 4.74 Å². The van der Waals surface area contributed by atoms with Crippen molar-refractivity contribution in [1.29, 1.82) is 0 Å². The predicted molar refractivity (Wildman–Crippen MR) is 73.7 cm³/mol. The quantitative estimate of drug-likeness (QED) is 0.469. The Balaban J connectivity index is 2.52. The van der Waals surface area contributed by atoms with Crippen molar-refractivity contribution in [3.63, 3.8) is 0 Å². The summed E-state index contributed by atoms with van der Waals surface area (Å²) in [5.41, 5.74) is -0.728. The molecule has 2 rings (SSSR count). The molecule has 0 spiro atoms. The molecule has 1 aromatic carbocycles. The lowest BCUT2D eigenvalue weighted by Crippen LogP contribution is -2.14. The second-order valence-corrected chi connectivity index (χ2v) is 5.87. The van der Waals surface area contributed by atoms with Crippen LogP contribution in [0.25, 0.3) is 0 Å². The predicted octanol–water partition coefficient (Wildman–Crippen LogP) is 2.58. The normalized spacial score (nSPS) is 17.4. The molecule has 1 aromatic rings. The summed E-state index contributed by atoms with van der Waals surface area (Å²) in [5, 5.41) is 22.4. The number of hydrogen-bond acceptors (Lipinski definition) is 6. The van der Waals surface area contributed by atoms with Gasteiger partial charge in [0.1, 0.15) is 12.7 Å². The minimum atomic E-state index is -0.661. The van der Waals surface area contributed by atoms with Gasteiger partial charge in [0, 0.05) is 12.1 Å². The minimum Gasteiger partial charge on any atom is -0.479 e. The van der Waals surface area contributed by atoms with Crippen LogP contribution in [0.5, 0.6) is 5.75 Å². The van der Waals surface area contributed by atoms with E-state index in [1.54, 1.807) is 0 Å². The first kappa shape index (κ1) is 15.2. The van der Waals surface area contributed by atoms with Gasteiger partial charge in [-0.2, -0.15) is 0 Å². The van der Waals surface area contributed by atoms with Gasteiger partial charge in [-0.1, -0.05) is 20.8 Å². The molecule has 8 heteroatoms. The van der Waals surface area contributed by atoms with Crippen LogP contribution in [0.1, 0.15) is 26.3 Å². The van der Waals surface area contributed by atoms with E-state index in [4.69, 9.17) is 9.47 Å². The third kappa shape index (κ3) is 3.46. The molecule has 1 unspecified atom stereocenters. The van der Waals surface area contributed by atoms with E-state index in [-0.39, 0.29) is 18.5 Å². The molecule has 114 valence electrons. The van der Waals surface area contributed by atoms with E-state index < -0.39 is 26.6 Å². The Morgan fingerprint density at radius 1 is 1.24 bits per heavy atom. The number of ether oxygens (including phenoxy) is 2. The van der Waals surface area contributed by atoms with E-state index in [1.165, 1.54) is 12.1 Å². The van der Waals surface area contributed by atoms with Crippen LogP contribution in [-0.4, -0.2) is 29.2 Å². The van der Waals surface area contributed by atoms with Crippen LogP contribution in [0.15, 0.2) is 12.1 Å². The van der Waals surface area contributed by atoms with Gasteiger partial charge in [-0.3, -0.25) is 20.2 Å². The lowest BCUT2D eigenvalue weighted by molar-refractivity contribution is -0.396. The maximum Gasteiger partial charge on any atom is 0.318 e. The number of benzene rings is 1. The first-order valence-electron chi connectivity index (χ1n) is 6.42. The van der Waals surface area contributed by atoms with Crippen LogP contribution >= 0.6 is 0 Å². The van der Waals surface area contributed by atoms with Crippen molar-refractivity contribution in [1.82, 2.24) is 0 Å². The standard InChI is InChI=1S/C13H16N2O6/c1-13(2,3)8-4-10(14(16)17)12(11(5-8)15(18)19)21-7-9-6-20-9/h4-5,9H,6-7H2,1-3H3. The molecule has 0 bridgehead atoms. The van der Waals surface area contributed by atoms with Crippen LogP contribution in [0, 0.1) is 20.2 Å². The molecule has 21 heavy (non-hydrogen) atoms. The fraction of sp³-hybridized carbons (Fsp3) is 0.538. The lowest BCUT2D eigenvalue weighted by atomic mass is 9.86. The average Bonchev–Trinajstić information content (AvgIpc) is 3.17. The van der Waals surface area contributed by atoms with E-state index in [9.17, 15) is 20.2 Å². The summed E-state index contributed by atoms with van der Waals surface area (Å²) in [6, 6.07) is 2.66. The van der Waals surface area contributed by atoms with Crippen LogP contribution in [0.2, 0.25) is 0 Å². The van der Waals surface area contributed by atoms with Gasteiger partial charge in [-0.05, 0) is 11.0 Å². The third-order valence-corrected chi connectivity index (χ3v) is 3.13. The summed E-state index contributed by atoms with van der Waals surface area (Å²) in [6.45, 7) is 6.05. The van der Waals surface area contributed by atoms with Gasteiger partial charge in [0.15, 0.2) is 0 Å². The summed E-state index contributed by atoms with van der Waals surface area (Å²) in [7, 11) is 0. The summed E-state index contributed by atoms with van der Waals surface area (Å²) in [5.74, 6) is -0.312. The van der Waals surface area contributed by atoms with E-state index >= 15 is 0 Å². The zero-order valence-electron chi connectivity index (χ0n) is 12.0.